The maximum Gasteiger partial charge on any atom is 0.157 e. The molecule has 0 saturated carbocycles. The zero-order valence-corrected chi connectivity index (χ0v) is 7.25. The molecule has 0 spiro atoms. The molecule has 0 fully saturated rings. The molecule has 0 bridgehead atoms. The van der Waals surface area contributed by atoms with Crippen LogP contribution in [0.1, 0.15) is 0 Å². The fourth-order valence-corrected chi connectivity index (χ4v) is 1.07. The van der Waals surface area contributed by atoms with Crippen LogP contribution in [0.4, 0.5) is 0 Å². The largest absolute Gasteiger partial charge is 0.427 e. The monoisotopic (exact) mass is 194 g/mol. The van der Waals surface area contributed by atoms with Gasteiger partial charge in [0.15, 0.2) is 5.75 Å². The summed E-state index contributed by atoms with van der Waals surface area (Å²) in [6.07, 6.45) is 0. The molecule has 0 aromatic heterocycles. The standard InChI is InChI=1S/C6H4Cl2OS/c7-4-1-2-5(8)6(3-4)9-10/h1-3,10H. The lowest BCUT2D eigenvalue weighted by Crippen LogP contribution is -1.75. The molecule has 4 heteroatoms. The van der Waals surface area contributed by atoms with Crippen molar-refractivity contribution in [1.82, 2.24) is 0 Å². The summed E-state index contributed by atoms with van der Waals surface area (Å²) >= 11 is 14.9. The second-order valence-electron chi connectivity index (χ2n) is 1.67. The summed E-state index contributed by atoms with van der Waals surface area (Å²) in [5.74, 6) is 0.470. The third-order valence-electron chi connectivity index (χ3n) is 0.992. The zero-order chi connectivity index (χ0) is 7.56. The number of halogens is 2. The van der Waals surface area contributed by atoms with Gasteiger partial charge in [0.25, 0.3) is 0 Å². The summed E-state index contributed by atoms with van der Waals surface area (Å²) in [5.41, 5.74) is 0. The molecule has 54 valence electrons. The van der Waals surface area contributed by atoms with Gasteiger partial charge in [-0.3, -0.25) is 0 Å². The predicted octanol–water partition coefficient (Wildman–Crippen LogP) is 3.22. The lowest BCUT2D eigenvalue weighted by molar-refractivity contribution is 0.659. The van der Waals surface area contributed by atoms with Crippen LogP contribution in [-0.4, -0.2) is 0 Å². The molecule has 0 N–H and O–H groups in total. The van der Waals surface area contributed by atoms with Crippen molar-refractivity contribution in [3.8, 4) is 5.75 Å². The van der Waals surface area contributed by atoms with Crippen molar-refractivity contribution in [1.29, 1.82) is 0 Å². The molecule has 1 nitrogen and oxygen atoms in total. The van der Waals surface area contributed by atoms with Crippen molar-refractivity contribution in [3.63, 3.8) is 0 Å². The SMILES string of the molecule is SOc1cc(Cl)ccc1Cl. The quantitative estimate of drug-likeness (QED) is 0.534. The van der Waals surface area contributed by atoms with Crippen molar-refractivity contribution in [3.05, 3.63) is 28.2 Å². The van der Waals surface area contributed by atoms with Gasteiger partial charge in [0.05, 0.1) is 5.02 Å². The highest BCUT2D eigenvalue weighted by molar-refractivity contribution is 7.75. The summed E-state index contributed by atoms with van der Waals surface area (Å²) in [6.45, 7) is 0. The van der Waals surface area contributed by atoms with Crippen LogP contribution in [0, 0.1) is 0 Å². The number of thiol groups is 1. The van der Waals surface area contributed by atoms with E-state index in [2.05, 4.69) is 17.1 Å². The molecule has 0 saturated heterocycles. The van der Waals surface area contributed by atoms with E-state index in [1.165, 1.54) is 0 Å². The summed E-state index contributed by atoms with van der Waals surface area (Å²) in [6, 6.07) is 4.92. The lowest BCUT2D eigenvalue weighted by Gasteiger charge is -1.99. The van der Waals surface area contributed by atoms with Gasteiger partial charge in [0, 0.05) is 24.0 Å². The van der Waals surface area contributed by atoms with E-state index in [-0.39, 0.29) is 0 Å². The van der Waals surface area contributed by atoms with Crippen molar-refractivity contribution < 1.29 is 4.18 Å². The van der Waals surface area contributed by atoms with E-state index in [9.17, 15) is 0 Å². The van der Waals surface area contributed by atoms with E-state index in [0.29, 0.717) is 15.8 Å². The molecule has 1 rings (SSSR count). The summed E-state index contributed by atoms with van der Waals surface area (Å²) in [7, 11) is 0. The minimum absolute atomic E-state index is 0.470. The molecule has 0 amide bonds. The maximum atomic E-state index is 5.66. The molecular weight excluding hydrogens is 191 g/mol. The number of hydrogen-bond donors (Lipinski definition) is 1. The Morgan fingerprint density at radius 3 is 2.50 bits per heavy atom. The molecule has 0 radical (unpaired) electrons. The molecular formula is C6H4Cl2OS. The molecule has 0 unspecified atom stereocenters. The Balaban J connectivity index is 3.09. The third kappa shape index (κ3) is 1.72. The van der Waals surface area contributed by atoms with Gasteiger partial charge in [-0.1, -0.05) is 23.2 Å². The molecule has 0 aliphatic rings. The Morgan fingerprint density at radius 2 is 2.00 bits per heavy atom. The predicted molar refractivity (Wildman–Crippen MR) is 46.1 cm³/mol. The first-order chi connectivity index (χ1) is 4.74. The van der Waals surface area contributed by atoms with Crippen LogP contribution >= 0.6 is 36.1 Å². The second kappa shape index (κ2) is 3.37. The number of hydrogen-bond acceptors (Lipinski definition) is 2. The smallest absolute Gasteiger partial charge is 0.157 e. The van der Waals surface area contributed by atoms with Crippen LogP contribution in [0.15, 0.2) is 18.2 Å². The Morgan fingerprint density at radius 1 is 1.30 bits per heavy atom. The highest BCUT2D eigenvalue weighted by Crippen LogP contribution is 2.27. The molecule has 0 aliphatic heterocycles. The molecule has 0 heterocycles. The van der Waals surface area contributed by atoms with Gasteiger partial charge < -0.3 is 4.18 Å². The number of rotatable bonds is 1. The minimum Gasteiger partial charge on any atom is -0.427 e. The minimum atomic E-state index is 0.470. The maximum absolute atomic E-state index is 5.66. The third-order valence-corrected chi connectivity index (χ3v) is 1.74. The molecule has 1 aromatic carbocycles. The molecule has 1 aromatic rings. The van der Waals surface area contributed by atoms with Crippen LogP contribution in [-0.2, 0) is 0 Å². The molecule has 0 aliphatic carbocycles. The van der Waals surface area contributed by atoms with Crippen molar-refractivity contribution in [2.24, 2.45) is 0 Å². The number of benzene rings is 1. The van der Waals surface area contributed by atoms with Crippen molar-refractivity contribution in [2.45, 2.75) is 0 Å². The van der Waals surface area contributed by atoms with E-state index >= 15 is 0 Å². The van der Waals surface area contributed by atoms with Crippen molar-refractivity contribution in [2.75, 3.05) is 0 Å². The summed E-state index contributed by atoms with van der Waals surface area (Å²) in [4.78, 5) is 0. The van der Waals surface area contributed by atoms with E-state index in [0.717, 1.165) is 0 Å². The average Bonchev–Trinajstić information content (AvgIpc) is 1.94. The van der Waals surface area contributed by atoms with Gasteiger partial charge in [0.2, 0.25) is 0 Å². The topological polar surface area (TPSA) is 9.23 Å². The van der Waals surface area contributed by atoms with Crippen LogP contribution in [0.5, 0.6) is 5.75 Å². The normalized spacial score (nSPS) is 9.50. The van der Waals surface area contributed by atoms with Gasteiger partial charge in [-0.05, 0) is 12.1 Å². The highest BCUT2D eigenvalue weighted by atomic mass is 35.5. The van der Waals surface area contributed by atoms with E-state index in [1.54, 1.807) is 18.2 Å². The van der Waals surface area contributed by atoms with E-state index in [1.807, 2.05) is 0 Å². The van der Waals surface area contributed by atoms with E-state index in [4.69, 9.17) is 23.2 Å². The first kappa shape index (κ1) is 8.05. The van der Waals surface area contributed by atoms with Crippen LogP contribution in [0.2, 0.25) is 10.0 Å². The van der Waals surface area contributed by atoms with E-state index < -0.39 is 0 Å². The second-order valence-corrected chi connectivity index (χ2v) is 2.69. The summed E-state index contributed by atoms with van der Waals surface area (Å²) in [5, 5.41) is 1.08. The van der Waals surface area contributed by atoms with Crippen LogP contribution < -0.4 is 4.18 Å². The van der Waals surface area contributed by atoms with Gasteiger partial charge in [-0.2, -0.15) is 0 Å². The zero-order valence-electron chi connectivity index (χ0n) is 4.84. The van der Waals surface area contributed by atoms with Crippen LogP contribution in [0.3, 0.4) is 0 Å². The van der Waals surface area contributed by atoms with Gasteiger partial charge >= 0.3 is 0 Å². The summed E-state index contributed by atoms with van der Waals surface area (Å²) < 4.78 is 4.60. The fraction of sp³-hybridized carbons (Fsp3) is 0. The van der Waals surface area contributed by atoms with Gasteiger partial charge in [0.1, 0.15) is 0 Å². The first-order valence-electron chi connectivity index (χ1n) is 2.50. The Bertz CT molecular complexity index is 239. The Kier molecular flexibility index (Phi) is 2.72. The van der Waals surface area contributed by atoms with Crippen LogP contribution in [0.25, 0.3) is 0 Å². The molecule has 10 heavy (non-hydrogen) atoms. The lowest BCUT2D eigenvalue weighted by atomic mass is 10.3. The molecule has 0 atom stereocenters. The van der Waals surface area contributed by atoms with Crippen molar-refractivity contribution >= 4 is 36.1 Å². The first-order valence-corrected chi connectivity index (χ1v) is 3.62. The van der Waals surface area contributed by atoms with Gasteiger partial charge in [-0.15, -0.1) is 0 Å². The fourth-order valence-electron chi connectivity index (χ4n) is 0.547. The Labute approximate surface area is 74.5 Å². The highest BCUT2D eigenvalue weighted by Gasteiger charge is 1.99. The van der Waals surface area contributed by atoms with Gasteiger partial charge in [-0.25, -0.2) is 0 Å². The average molecular weight is 195 g/mol. The Hall–Kier alpha value is -0.0500.